The molecule has 4 rings (SSSR count). The molecule has 0 radical (unpaired) electrons. The molecule has 2 aromatic carbocycles. The van der Waals surface area contributed by atoms with Gasteiger partial charge < -0.3 is 9.47 Å². The van der Waals surface area contributed by atoms with Gasteiger partial charge in [0.1, 0.15) is 5.82 Å². The molecule has 1 aromatic heterocycles. The van der Waals surface area contributed by atoms with E-state index in [1.54, 1.807) is 6.07 Å². The van der Waals surface area contributed by atoms with Crippen molar-refractivity contribution in [3.63, 3.8) is 0 Å². The van der Waals surface area contributed by atoms with Crippen LogP contribution in [-0.4, -0.2) is 33.6 Å². The third-order valence-electron chi connectivity index (χ3n) is 5.66. The van der Waals surface area contributed by atoms with E-state index in [0.717, 1.165) is 48.2 Å². The summed E-state index contributed by atoms with van der Waals surface area (Å²) < 4.78 is 2.07. The molecule has 1 aliphatic rings. The summed E-state index contributed by atoms with van der Waals surface area (Å²) in [5.74, 6) is 1.07. The smallest absolute Gasteiger partial charge is 0.205 e. The van der Waals surface area contributed by atoms with Gasteiger partial charge in [0.2, 0.25) is 5.69 Å². The molecule has 30 heavy (non-hydrogen) atoms. The minimum atomic E-state index is 0.316. The van der Waals surface area contributed by atoms with Crippen LogP contribution in [0.4, 0.5) is 11.4 Å². The van der Waals surface area contributed by atoms with Crippen molar-refractivity contribution in [2.45, 2.75) is 25.6 Å². The highest BCUT2D eigenvalue weighted by Gasteiger charge is 2.29. The number of aromatic nitrogens is 2. The quantitative estimate of drug-likeness (QED) is 0.470. The largest absolute Gasteiger partial charge is 0.363 e. The van der Waals surface area contributed by atoms with E-state index in [4.69, 9.17) is 29.8 Å². The molecule has 7 heteroatoms. The van der Waals surface area contributed by atoms with Crippen LogP contribution in [0.25, 0.3) is 4.85 Å². The van der Waals surface area contributed by atoms with Gasteiger partial charge in [-0.05, 0) is 30.2 Å². The summed E-state index contributed by atoms with van der Waals surface area (Å²) in [5.41, 5.74) is 2.56. The Hall–Kier alpha value is -2.52. The maximum absolute atomic E-state index is 7.27. The molecule has 0 bridgehead atoms. The van der Waals surface area contributed by atoms with Crippen LogP contribution in [0, 0.1) is 6.57 Å². The predicted molar refractivity (Wildman–Crippen MR) is 122 cm³/mol. The van der Waals surface area contributed by atoms with E-state index in [1.165, 1.54) is 0 Å². The highest BCUT2D eigenvalue weighted by molar-refractivity contribution is 6.33. The van der Waals surface area contributed by atoms with E-state index in [2.05, 4.69) is 30.3 Å². The monoisotopic (exact) mass is 439 g/mol. The molecule has 0 amide bonds. The Morgan fingerprint density at radius 1 is 1.20 bits per heavy atom. The van der Waals surface area contributed by atoms with Crippen molar-refractivity contribution in [2.75, 3.05) is 18.0 Å². The molecule has 154 valence electrons. The van der Waals surface area contributed by atoms with Gasteiger partial charge in [0, 0.05) is 60.9 Å². The molecule has 0 spiro atoms. The fourth-order valence-electron chi connectivity index (χ4n) is 3.97. The van der Waals surface area contributed by atoms with Crippen LogP contribution in [0.15, 0.2) is 54.9 Å². The van der Waals surface area contributed by atoms with Crippen molar-refractivity contribution < 1.29 is 0 Å². The van der Waals surface area contributed by atoms with Crippen LogP contribution < -0.4 is 4.90 Å². The van der Waals surface area contributed by atoms with E-state index in [1.807, 2.05) is 49.8 Å². The standard InChI is InChI=1S/C23H23Cl2N5/c1-26-22-8-7-18(13-21(22)25)30(14-17-5-3-4-6-20(17)24)19-9-11-29(15-19)16-23-27-10-12-28(23)2/h3-8,10,12-13,19H,9,11,14-16H2,2H3/t19-/m0/s1. The van der Waals surface area contributed by atoms with Gasteiger partial charge in [-0.15, -0.1) is 0 Å². The maximum atomic E-state index is 7.27. The first-order valence-corrected chi connectivity index (χ1v) is 10.7. The van der Waals surface area contributed by atoms with Gasteiger partial charge in [0.15, 0.2) is 0 Å². The van der Waals surface area contributed by atoms with Crippen LogP contribution in [0.3, 0.4) is 0 Å². The van der Waals surface area contributed by atoms with E-state index in [0.29, 0.717) is 23.3 Å². The summed E-state index contributed by atoms with van der Waals surface area (Å²) in [6.07, 6.45) is 4.86. The van der Waals surface area contributed by atoms with Gasteiger partial charge in [0.25, 0.3) is 0 Å². The SMILES string of the molecule is [C-]#[N+]c1ccc(N(Cc2ccccc2Cl)[C@H]2CCN(Cc3nccn3C)C2)cc1Cl. The number of benzene rings is 2. The molecular formula is C23H23Cl2N5. The average molecular weight is 440 g/mol. The fourth-order valence-corrected chi connectivity index (χ4v) is 4.38. The summed E-state index contributed by atoms with van der Waals surface area (Å²) in [4.78, 5) is 12.7. The van der Waals surface area contributed by atoms with Crippen LogP contribution in [-0.2, 0) is 20.1 Å². The normalized spacial score (nSPS) is 16.5. The lowest BCUT2D eigenvalue weighted by atomic mass is 10.1. The van der Waals surface area contributed by atoms with Crippen molar-refractivity contribution >= 4 is 34.6 Å². The second-order valence-electron chi connectivity index (χ2n) is 7.60. The molecule has 3 aromatic rings. The predicted octanol–water partition coefficient (Wildman–Crippen LogP) is 5.56. The Morgan fingerprint density at radius 2 is 2.03 bits per heavy atom. The van der Waals surface area contributed by atoms with Gasteiger partial charge in [-0.2, -0.15) is 0 Å². The molecule has 1 atom stereocenters. The number of rotatable bonds is 6. The molecule has 0 aliphatic carbocycles. The van der Waals surface area contributed by atoms with Crippen molar-refractivity contribution in [1.82, 2.24) is 14.5 Å². The lowest BCUT2D eigenvalue weighted by Gasteiger charge is -2.32. The van der Waals surface area contributed by atoms with Crippen molar-refractivity contribution in [1.29, 1.82) is 0 Å². The minimum absolute atomic E-state index is 0.316. The summed E-state index contributed by atoms with van der Waals surface area (Å²) in [7, 11) is 2.03. The Bertz CT molecular complexity index is 1070. The first-order chi connectivity index (χ1) is 14.5. The highest BCUT2D eigenvalue weighted by Crippen LogP contribution is 2.33. The van der Waals surface area contributed by atoms with Crippen molar-refractivity contribution in [3.8, 4) is 0 Å². The number of aryl methyl sites for hydroxylation is 1. The summed E-state index contributed by atoms with van der Waals surface area (Å²) in [6.45, 7) is 10.7. The van der Waals surface area contributed by atoms with Crippen molar-refractivity contribution in [3.05, 3.63) is 87.7 Å². The third-order valence-corrected chi connectivity index (χ3v) is 6.33. The van der Waals surface area contributed by atoms with Crippen LogP contribution in [0.2, 0.25) is 10.0 Å². The van der Waals surface area contributed by atoms with Gasteiger partial charge in [0.05, 0.1) is 13.1 Å². The Balaban J connectivity index is 1.59. The first-order valence-electron chi connectivity index (χ1n) is 9.91. The molecule has 0 saturated carbocycles. The third kappa shape index (κ3) is 4.46. The van der Waals surface area contributed by atoms with Gasteiger partial charge >= 0.3 is 0 Å². The zero-order chi connectivity index (χ0) is 21.1. The Morgan fingerprint density at radius 3 is 2.73 bits per heavy atom. The Kier molecular flexibility index (Phi) is 6.29. The summed E-state index contributed by atoms with van der Waals surface area (Å²) in [6, 6.07) is 13.9. The molecule has 1 aliphatic heterocycles. The molecule has 2 heterocycles. The zero-order valence-corrected chi connectivity index (χ0v) is 18.3. The van der Waals surface area contributed by atoms with E-state index >= 15 is 0 Å². The average Bonchev–Trinajstić information content (AvgIpc) is 3.37. The summed E-state index contributed by atoms with van der Waals surface area (Å²) in [5, 5.41) is 1.24. The zero-order valence-electron chi connectivity index (χ0n) is 16.8. The number of halogens is 2. The van der Waals surface area contributed by atoms with Crippen LogP contribution in [0.5, 0.6) is 0 Å². The van der Waals surface area contributed by atoms with Crippen LogP contribution >= 0.6 is 23.2 Å². The lowest BCUT2D eigenvalue weighted by molar-refractivity contribution is 0.312. The maximum Gasteiger partial charge on any atom is 0.205 e. The molecular weight excluding hydrogens is 417 g/mol. The molecule has 1 fully saturated rings. The second kappa shape index (κ2) is 9.09. The molecule has 1 saturated heterocycles. The van der Waals surface area contributed by atoms with Gasteiger partial charge in [-0.3, -0.25) is 4.90 Å². The lowest BCUT2D eigenvalue weighted by Crippen LogP contribution is -2.37. The highest BCUT2D eigenvalue weighted by atomic mass is 35.5. The fraction of sp³-hybridized carbons (Fsp3) is 0.304. The number of likely N-dealkylation sites (tertiary alicyclic amines) is 1. The summed E-state index contributed by atoms with van der Waals surface area (Å²) >= 11 is 12.8. The minimum Gasteiger partial charge on any atom is -0.363 e. The van der Waals surface area contributed by atoms with E-state index < -0.39 is 0 Å². The number of hydrogen-bond donors (Lipinski definition) is 0. The second-order valence-corrected chi connectivity index (χ2v) is 8.41. The number of anilines is 1. The molecule has 0 unspecified atom stereocenters. The van der Waals surface area contributed by atoms with Gasteiger partial charge in [-0.1, -0.05) is 47.5 Å². The first kappa shape index (κ1) is 20.7. The Labute approximate surface area is 187 Å². The number of nitrogens with zero attached hydrogens (tertiary/aromatic N) is 5. The van der Waals surface area contributed by atoms with Gasteiger partial charge in [-0.25, -0.2) is 9.83 Å². The van der Waals surface area contributed by atoms with E-state index in [9.17, 15) is 0 Å². The topological polar surface area (TPSA) is 28.7 Å². The number of hydrogen-bond acceptors (Lipinski definition) is 3. The van der Waals surface area contributed by atoms with E-state index in [-0.39, 0.29) is 0 Å². The number of imidazole rings is 1. The molecule has 0 N–H and O–H groups in total. The molecule has 5 nitrogen and oxygen atoms in total. The van der Waals surface area contributed by atoms with Crippen LogP contribution in [0.1, 0.15) is 17.8 Å². The van der Waals surface area contributed by atoms with Crippen molar-refractivity contribution in [2.24, 2.45) is 7.05 Å².